The molecule has 1 aromatic rings. The number of fused-ring (bicyclic) bond motifs is 1. The molecule has 23 heavy (non-hydrogen) atoms. The minimum absolute atomic E-state index is 0.120. The van der Waals surface area contributed by atoms with Crippen LogP contribution >= 0.6 is 11.6 Å². The average molecular weight is 339 g/mol. The van der Waals surface area contributed by atoms with Crippen molar-refractivity contribution in [2.75, 3.05) is 26.3 Å². The summed E-state index contributed by atoms with van der Waals surface area (Å²) in [5, 5.41) is 6.97. The Morgan fingerprint density at radius 3 is 3.04 bits per heavy atom. The summed E-state index contributed by atoms with van der Waals surface area (Å²) >= 11 is 6.23. The fourth-order valence-electron chi connectivity index (χ4n) is 3.15. The van der Waals surface area contributed by atoms with Gasteiger partial charge < -0.3 is 20.1 Å². The van der Waals surface area contributed by atoms with Gasteiger partial charge in [0.1, 0.15) is 13.2 Å². The molecule has 0 unspecified atom stereocenters. The van der Waals surface area contributed by atoms with Gasteiger partial charge in [-0.05, 0) is 50.4 Å². The lowest BCUT2D eigenvalue weighted by Crippen LogP contribution is -2.42. The summed E-state index contributed by atoms with van der Waals surface area (Å²) in [7, 11) is 0. The highest BCUT2D eigenvalue weighted by Gasteiger charge is 2.24. The number of ether oxygens (including phenoxy) is 2. The fraction of sp³-hybridized carbons (Fsp3) is 0.588. The second-order valence-corrected chi connectivity index (χ2v) is 6.63. The summed E-state index contributed by atoms with van der Waals surface area (Å²) in [6.45, 7) is 4.70. The zero-order valence-corrected chi connectivity index (χ0v) is 14.1. The molecule has 2 atom stereocenters. The van der Waals surface area contributed by atoms with E-state index in [1.165, 1.54) is 0 Å². The maximum atomic E-state index is 12.2. The van der Waals surface area contributed by atoms with E-state index in [0.29, 0.717) is 42.3 Å². The van der Waals surface area contributed by atoms with Gasteiger partial charge in [0.2, 0.25) is 5.91 Å². The van der Waals surface area contributed by atoms with Gasteiger partial charge in [0.05, 0.1) is 5.02 Å². The van der Waals surface area contributed by atoms with Crippen LogP contribution in [0.15, 0.2) is 12.1 Å². The molecule has 0 bridgehead atoms. The maximum absolute atomic E-state index is 12.2. The fourth-order valence-corrected chi connectivity index (χ4v) is 3.44. The molecule has 0 aliphatic carbocycles. The van der Waals surface area contributed by atoms with E-state index in [1.807, 2.05) is 12.1 Å². The SMILES string of the molecule is C[C@H]1C[C@@H](C(=O)NCCc2cc(Cl)c3c(c2)OCCO3)CCN1. The Kier molecular flexibility index (Phi) is 5.28. The molecule has 2 aliphatic rings. The molecule has 1 fully saturated rings. The molecule has 5 nitrogen and oxygen atoms in total. The van der Waals surface area contributed by atoms with Crippen LogP contribution in [0.3, 0.4) is 0 Å². The van der Waals surface area contributed by atoms with E-state index in [0.717, 1.165) is 31.4 Å². The van der Waals surface area contributed by atoms with Crippen LogP contribution in [-0.2, 0) is 11.2 Å². The van der Waals surface area contributed by atoms with Crippen LogP contribution in [0.1, 0.15) is 25.3 Å². The first-order chi connectivity index (χ1) is 11.1. The Balaban J connectivity index is 1.52. The molecule has 0 saturated carbocycles. The molecule has 1 saturated heterocycles. The minimum Gasteiger partial charge on any atom is -0.486 e. The Labute approximate surface area is 141 Å². The molecule has 3 rings (SSSR count). The van der Waals surface area contributed by atoms with E-state index in [9.17, 15) is 4.79 Å². The molecule has 0 radical (unpaired) electrons. The van der Waals surface area contributed by atoms with E-state index in [2.05, 4.69) is 17.6 Å². The Morgan fingerprint density at radius 2 is 2.22 bits per heavy atom. The number of carbonyl (C=O) groups excluding carboxylic acids is 1. The van der Waals surface area contributed by atoms with Crippen LogP contribution in [0.25, 0.3) is 0 Å². The number of hydrogen-bond donors (Lipinski definition) is 2. The summed E-state index contributed by atoms with van der Waals surface area (Å²) in [6, 6.07) is 4.24. The molecule has 6 heteroatoms. The first-order valence-corrected chi connectivity index (χ1v) is 8.60. The van der Waals surface area contributed by atoms with Crippen molar-refractivity contribution in [3.05, 3.63) is 22.7 Å². The second kappa shape index (κ2) is 7.41. The van der Waals surface area contributed by atoms with Crippen molar-refractivity contribution in [1.82, 2.24) is 10.6 Å². The quantitative estimate of drug-likeness (QED) is 0.883. The van der Waals surface area contributed by atoms with Crippen molar-refractivity contribution < 1.29 is 14.3 Å². The van der Waals surface area contributed by atoms with Crippen molar-refractivity contribution in [3.8, 4) is 11.5 Å². The molecule has 0 aromatic heterocycles. The Bertz CT molecular complexity index is 579. The standard InChI is InChI=1S/C17H23ClN2O3/c1-11-8-13(3-5-19-11)17(21)20-4-2-12-9-14(18)16-15(10-12)22-6-7-23-16/h9-11,13,19H,2-8H2,1H3,(H,20,21)/t11-,13-/m0/s1. The minimum atomic E-state index is 0.120. The number of amides is 1. The van der Waals surface area contributed by atoms with E-state index in [1.54, 1.807) is 0 Å². The van der Waals surface area contributed by atoms with Crippen molar-refractivity contribution in [2.24, 2.45) is 5.92 Å². The zero-order chi connectivity index (χ0) is 16.2. The molecule has 126 valence electrons. The first kappa shape index (κ1) is 16.4. The highest BCUT2D eigenvalue weighted by atomic mass is 35.5. The van der Waals surface area contributed by atoms with Gasteiger partial charge in [-0.1, -0.05) is 11.6 Å². The first-order valence-electron chi connectivity index (χ1n) is 8.22. The van der Waals surface area contributed by atoms with Crippen molar-refractivity contribution >= 4 is 17.5 Å². The number of carbonyl (C=O) groups is 1. The number of nitrogens with one attached hydrogen (secondary N) is 2. The monoisotopic (exact) mass is 338 g/mol. The van der Waals surface area contributed by atoms with Crippen LogP contribution in [0, 0.1) is 5.92 Å². The summed E-state index contributed by atoms with van der Waals surface area (Å²) in [6.07, 6.45) is 2.54. The molecular formula is C17H23ClN2O3. The van der Waals surface area contributed by atoms with Crippen LogP contribution < -0.4 is 20.1 Å². The van der Waals surface area contributed by atoms with Gasteiger partial charge in [0.25, 0.3) is 0 Å². The molecule has 2 aliphatic heterocycles. The third-order valence-corrected chi connectivity index (χ3v) is 4.64. The average Bonchev–Trinajstić information content (AvgIpc) is 2.55. The van der Waals surface area contributed by atoms with E-state index >= 15 is 0 Å². The third-order valence-electron chi connectivity index (χ3n) is 4.36. The van der Waals surface area contributed by atoms with E-state index in [4.69, 9.17) is 21.1 Å². The largest absolute Gasteiger partial charge is 0.486 e. The van der Waals surface area contributed by atoms with Crippen LogP contribution in [0.5, 0.6) is 11.5 Å². The lowest BCUT2D eigenvalue weighted by atomic mass is 9.92. The molecule has 2 N–H and O–H groups in total. The van der Waals surface area contributed by atoms with Crippen LogP contribution in [0.4, 0.5) is 0 Å². The normalized spacial score (nSPS) is 23.4. The Morgan fingerprint density at radius 1 is 1.39 bits per heavy atom. The summed E-state index contributed by atoms with van der Waals surface area (Å²) in [4.78, 5) is 12.2. The number of benzene rings is 1. The van der Waals surface area contributed by atoms with E-state index in [-0.39, 0.29) is 11.8 Å². The predicted molar refractivity (Wildman–Crippen MR) is 89.3 cm³/mol. The third kappa shape index (κ3) is 4.09. The summed E-state index contributed by atoms with van der Waals surface area (Å²) in [5.74, 6) is 1.59. The van der Waals surface area contributed by atoms with Gasteiger partial charge in [0.15, 0.2) is 11.5 Å². The van der Waals surface area contributed by atoms with Gasteiger partial charge >= 0.3 is 0 Å². The van der Waals surface area contributed by atoms with E-state index < -0.39 is 0 Å². The maximum Gasteiger partial charge on any atom is 0.223 e. The van der Waals surface area contributed by atoms with Gasteiger partial charge in [-0.25, -0.2) is 0 Å². The van der Waals surface area contributed by atoms with Gasteiger partial charge in [-0.3, -0.25) is 4.79 Å². The number of piperidine rings is 1. The van der Waals surface area contributed by atoms with Crippen LogP contribution in [0.2, 0.25) is 5.02 Å². The highest BCUT2D eigenvalue weighted by molar-refractivity contribution is 6.32. The number of halogens is 1. The van der Waals surface area contributed by atoms with Crippen molar-refractivity contribution in [2.45, 2.75) is 32.2 Å². The van der Waals surface area contributed by atoms with Gasteiger partial charge in [0, 0.05) is 18.5 Å². The van der Waals surface area contributed by atoms with Gasteiger partial charge in [-0.2, -0.15) is 0 Å². The van der Waals surface area contributed by atoms with Crippen LogP contribution in [-0.4, -0.2) is 38.3 Å². The molecule has 1 amide bonds. The lowest BCUT2D eigenvalue weighted by Gasteiger charge is -2.27. The smallest absolute Gasteiger partial charge is 0.223 e. The lowest BCUT2D eigenvalue weighted by molar-refractivity contribution is -0.126. The Hall–Kier alpha value is -1.46. The van der Waals surface area contributed by atoms with Crippen molar-refractivity contribution in [1.29, 1.82) is 0 Å². The zero-order valence-electron chi connectivity index (χ0n) is 13.4. The molecule has 0 spiro atoms. The molecule has 2 heterocycles. The number of hydrogen-bond acceptors (Lipinski definition) is 4. The predicted octanol–water partition coefficient (Wildman–Crippen LogP) is 2.16. The highest BCUT2D eigenvalue weighted by Crippen LogP contribution is 2.38. The van der Waals surface area contributed by atoms with Gasteiger partial charge in [-0.15, -0.1) is 0 Å². The summed E-state index contributed by atoms with van der Waals surface area (Å²) < 4.78 is 11.1. The van der Waals surface area contributed by atoms with Crippen molar-refractivity contribution in [3.63, 3.8) is 0 Å². The number of rotatable bonds is 4. The molecule has 1 aromatic carbocycles. The second-order valence-electron chi connectivity index (χ2n) is 6.22. The molecular weight excluding hydrogens is 316 g/mol. The summed E-state index contributed by atoms with van der Waals surface area (Å²) in [5.41, 5.74) is 1.04. The topological polar surface area (TPSA) is 59.6 Å².